The number of hydrogen-bond donors (Lipinski definition) is 0. The Morgan fingerprint density at radius 3 is 2.57 bits per heavy atom. The van der Waals surface area contributed by atoms with E-state index in [-0.39, 0.29) is 11.6 Å². The number of amides is 1. The van der Waals surface area contributed by atoms with Crippen molar-refractivity contribution in [3.05, 3.63) is 42.0 Å². The zero-order valence-electron chi connectivity index (χ0n) is 12.4. The van der Waals surface area contributed by atoms with Crippen molar-refractivity contribution in [1.29, 1.82) is 0 Å². The maximum absolute atomic E-state index is 12.9. The minimum Gasteiger partial charge on any atom is -0.316 e. The fraction of sp³-hybridized carbons (Fsp3) is 0.500. The van der Waals surface area contributed by atoms with Gasteiger partial charge in [0.15, 0.2) is 0 Å². The number of rotatable bonds is 1. The molecular formula is C18H22N2O. The summed E-state index contributed by atoms with van der Waals surface area (Å²) in [6, 6.07) is 10.2. The number of carbonyl (C=O) groups is 1. The van der Waals surface area contributed by atoms with Gasteiger partial charge in [-0.2, -0.15) is 0 Å². The topological polar surface area (TPSA) is 23.6 Å². The van der Waals surface area contributed by atoms with Gasteiger partial charge in [-0.05, 0) is 37.3 Å². The van der Waals surface area contributed by atoms with E-state index >= 15 is 0 Å². The zero-order chi connectivity index (χ0) is 14.3. The Morgan fingerprint density at radius 1 is 0.905 bits per heavy atom. The Hall–Kier alpha value is -1.61. The molecule has 1 unspecified atom stereocenters. The normalized spacial score (nSPS) is 29.6. The zero-order valence-corrected chi connectivity index (χ0v) is 12.4. The molecule has 0 radical (unpaired) electrons. The molecule has 3 aliphatic rings. The highest BCUT2D eigenvalue weighted by atomic mass is 16.2. The largest absolute Gasteiger partial charge is 0.316 e. The van der Waals surface area contributed by atoms with Gasteiger partial charge in [0.05, 0.1) is 0 Å². The molecule has 110 valence electrons. The molecule has 0 saturated carbocycles. The van der Waals surface area contributed by atoms with Crippen LogP contribution in [0.1, 0.15) is 37.7 Å². The summed E-state index contributed by atoms with van der Waals surface area (Å²) in [5.74, 6) is 0.229. The molecule has 3 aliphatic heterocycles. The van der Waals surface area contributed by atoms with Gasteiger partial charge in [-0.25, -0.2) is 0 Å². The summed E-state index contributed by atoms with van der Waals surface area (Å²) in [5.41, 5.74) is 1.84. The molecule has 1 aromatic carbocycles. The third-order valence-corrected chi connectivity index (χ3v) is 5.23. The van der Waals surface area contributed by atoms with Crippen LogP contribution >= 0.6 is 0 Å². The minimum absolute atomic E-state index is 0.128. The predicted molar refractivity (Wildman–Crippen MR) is 83.5 cm³/mol. The molecule has 21 heavy (non-hydrogen) atoms. The Labute approximate surface area is 126 Å². The van der Waals surface area contributed by atoms with Crippen LogP contribution in [0.5, 0.6) is 0 Å². The molecule has 1 spiro atoms. The molecule has 0 aliphatic carbocycles. The Balaban J connectivity index is 1.80. The lowest BCUT2D eigenvalue weighted by Gasteiger charge is -2.49. The van der Waals surface area contributed by atoms with Crippen molar-refractivity contribution in [2.45, 2.75) is 37.8 Å². The Bertz CT molecular complexity index is 580. The van der Waals surface area contributed by atoms with Crippen LogP contribution in [-0.2, 0) is 4.79 Å². The molecule has 3 nitrogen and oxygen atoms in total. The molecule has 0 aromatic heterocycles. The SMILES string of the molecule is O=C1C(c2ccccc2)=CC23CCCCCN2CCCN13. The summed E-state index contributed by atoms with van der Waals surface area (Å²) in [7, 11) is 0. The molecule has 3 heterocycles. The van der Waals surface area contributed by atoms with Gasteiger partial charge in [-0.3, -0.25) is 9.69 Å². The smallest absolute Gasteiger partial charge is 0.256 e. The van der Waals surface area contributed by atoms with Gasteiger partial charge >= 0.3 is 0 Å². The van der Waals surface area contributed by atoms with Gasteiger partial charge in [0.25, 0.3) is 5.91 Å². The van der Waals surface area contributed by atoms with Crippen LogP contribution in [0.2, 0.25) is 0 Å². The van der Waals surface area contributed by atoms with E-state index in [9.17, 15) is 4.79 Å². The fourth-order valence-electron chi connectivity index (χ4n) is 4.22. The molecule has 1 atom stereocenters. The van der Waals surface area contributed by atoms with Crippen molar-refractivity contribution < 1.29 is 4.79 Å². The summed E-state index contributed by atoms with van der Waals surface area (Å²) >= 11 is 0. The second-order valence-corrected chi connectivity index (χ2v) is 6.41. The average molecular weight is 282 g/mol. The van der Waals surface area contributed by atoms with E-state index in [1.165, 1.54) is 19.3 Å². The number of carbonyl (C=O) groups excluding carboxylic acids is 1. The number of benzene rings is 1. The lowest BCUT2D eigenvalue weighted by molar-refractivity contribution is -0.138. The van der Waals surface area contributed by atoms with Gasteiger partial charge < -0.3 is 4.90 Å². The second kappa shape index (κ2) is 4.99. The van der Waals surface area contributed by atoms with Crippen molar-refractivity contribution in [3.63, 3.8) is 0 Å². The van der Waals surface area contributed by atoms with Crippen molar-refractivity contribution in [1.82, 2.24) is 9.80 Å². The third-order valence-electron chi connectivity index (χ3n) is 5.23. The van der Waals surface area contributed by atoms with Crippen molar-refractivity contribution >= 4 is 11.5 Å². The van der Waals surface area contributed by atoms with Crippen LogP contribution in [0.25, 0.3) is 5.57 Å². The quantitative estimate of drug-likeness (QED) is 0.791. The van der Waals surface area contributed by atoms with E-state index in [1.807, 2.05) is 18.2 Å². The molecular weight excluding hydrogens is 260 g/mol. The number of nitrogens with zero attached hydrogens (tertiary/aromatic N) is 2. The van der Waals surface area contributed by atoms with Crippen molar-refractivity contribution in [3.8, 4) is 0 Å². The first-order valence-electron chi connectivity index (χ1n) is 8.17. The number of hydrogen-bond acceptors (Lipinski definition) is 2. The van der Waals surface area contributed by atoms with Crippen LogP contribution in [0.15, 0.2) is 36.4 Å². The summed E-state index contributed by atoms with van der Waals surface area (Å²) in [6.07, 6.45) is 8.24. The van der Waals surface area contributed by atoms with E-state index in [0.29, 0.717) is 0 Å². The summed E-state index contributed by atoms with van der Waals surface area (Å²) < 4.78 is 0. The van der Waals surface area contributed by atoms with Crippen molar-refractivity contribution in [2.75, 3.05) is 19.6 Å². The highest BCUT2D eigenvalue weighted by Crippen LogP contribution is 2.43. The van der Waals surface area contributed by atoms with Gasteiger partial charge in [0.2, 0.25) is 0 Å². The molecule has 3 heteroatoms. The molecule has 2 saturated heterocycles. The van der Waals surface area contributed by atoms with Gasteiger partial charge in [-0.15, -0.1) is 0 Å². The van der Waals surface area contributed by atoms with Crippen molar-refractivity contribution in [2.24, 2.45) is 0 Å². The molecule has 4 rings (SSSR count). The first kappa shape index (κ1) is 13.1. The van der Waals surface area contributed by atoms with E-state index in [4.69, 9.17) is 0 Å². The molecule has 1 amide bonds. The lowest BCUT2D eigenvalue weighted by Crippen LogP contribution is -2.62. The fourth-order valence-corrected chi connectivity index (χ4v) is 4.22. The monoisotopic (exact) mass is 282 g/mol. The lowest BCUT2D eigenvalue weighted by atomic mass is 9.97. The Kier molecular flexibility index (Phi) is 3.11. The standard InChI is InChI=1S/C18H22N2O/c21-17-16(15-8-3-1-4-9-15)14-18-10-5-2-6-11-19(18)12-7-13-20(17)18/h1,3-4,8-9,14H,2,5-7,10-13H2. The van der Waals surface area contributed by atoms with E-state index in [2.05, 4.69) is 28.0 Å². The molecule has 0 N–H and O–H groups in total. The van der Waals surface area contributed by atoms with Crippen LogP contribution in [0.4, 0.5) is 0 Å². The average Bonchev–Trinajstić information content (AvgIpc) is 2.69. The third kappa shape index (κ3) is 1.95. The maximum Gasteiger partial charge on any atom is 0.256 e. The summed E-state index contributed by atoms with van der Waals surface area (Å²) in [5, 5.41) is 0. The second-order valence-electron chi connectivity index (χ2n) is 6.41. The molecule has 1 aromatic rings. The highest BCUT2D eigenvalue weighted by molar-refractivity contribution is 6.22. The van der Waals surface area contributed by atoms with Crippen LogP contribution < -0.4 is 0 Å². The van der Waals surface area contributed by atoms with E-state index in [0.717, 1.165) is 43.6 Å². The van der Waals surface area contributed by atoms with Crippen LogP contribution in [-0.4, -0.2) is 41.0 Å². The maximum atomic E-state index is 12.9. The molecule has 2 fully saturated rings. The highest BCUT2D eigenvalue weighted by Gasteiger charge is 2.50. The summed E-state index contributed by atoms with van der Waals surface area (Å²) in [4.78, 5) is 17.6. The van der Waals surface area contributed by atoms with Gasteiger partial charge in [0.1, 0.15) is 5.66 Å². The summed E-state index contributed by atoms with van der Waals surface area (Å²) in [6.45, 7) is 3.16. The first-order valence-corrected chi connectivity index (χ1v) is 8.17. The van der Waals surface area contributed by atoms with Crippen LogP contribution in [0, 0.1) is 0 Å². The van der Waals surface area contributed by atoms with E-state index < -0.39 is 0 Å². The first-order chi connectivity index (χ1) is 10.3. The Morgan fingerprint density at radius 2 is 1.71 bits per heavy atom. The van der Waals surface area contributed by atoms with Crippen LogP contribution in [0.3, 0.4) is 0 Å². The van der Waals surface area contributed by atoms with Gasteiger partial charge in [0, 0.05) is 25.2 Å². The van der Waals surface area contributed by atoms with E-state index in [1.54, 1.807) is 0 Å². The minimum atomic E-state index is -0.128. The predicted octanol–water partition coefficient (Wildman–Crippen LogP) is 2.89. The van der Waals surface area contributed by atoms with Gasteiger partial charge in [-0.1, -0.05) is 36.8 Å². The molecule has 0 bridgehead atoms.